The third-order valence-corrected chi connectivity index (χ3v) is 5.67. The van der Waals surface area contributed by atoms with E-state index in [0.29, 0.717) is 45.0 Å². The number of fused-ring (bicyclic) bond motifs is 2. The predicted molar refractivity (Wildman–Crippen MR) is 135 cm³/mol. The van der Waals surface area contributed by atoms with Crippen molar-refractivity contribution in [1.29, 1.82) is 0 Å². The predicted octanol–water partition coefficient (Wildman–Crippen LogP) is 5.54. The number of anilines is 1. The summed E-state index contributed by atoms with van der Waals surface area (Å²) in [7, 11) is 1.56. The van der Waals surface area contributed by atoms with Gasteiger partial charge in [0.25, 0.3) is 5.91 Å². The van der Waals surface area contributed by atoms with Crippen LogP contribution >= 0.6 is 0 Å². The minimum atomic E-state index is -0.525. The minimum absolute atomic E-state index is 0.248. The molecule has 2 amide bonds. The molecule has 0 aliphatic rings. The SMILES string of the molecule is COc1cccc(C(=O)Nc2ccc(Oc3ccnc4ccc(C(N)=O)cc34)c3ccccc23)c1. The van der Waals surface area contributed by atoms with Crippen LogP contribution in [0.1, 0.15) is 20.7 Å². The number of nitrogens with zero attached hydrogens (tertiary/aromatic N) is 1. The van der Waals surface area contributed by atoms with Crippen LogP contribution in [0, 0.1) is 0 Å². The second kappa shape index (κ2) is 9.15. The number of carbonyl (C=O) groups is 2. The minimum Gasteiger partial charge on any atom is -0.497 e. The summed E-state index contributed by atoms with van der Waals surface area (Å²) in [6.45, 7) is 0. The lowest BCUT2D eigenvalue weighted by molar-refractivity contribution is 0.0997. The van der Waals surface area contributed by atoms with Crippen molar-refractivity contribution >= 4 is 39.2 Å². The highest BCUT2D eigenvalue weighted by atomic mass is 16.5. The molecule has 172 valence electrons. The lowest BCUT2D eigenvalue weighted by atomic mass is 10.1. The van der Waals surface area contributed by atoms with Crippen LogP contribution in [0.5, 0.6) is 17.2 Å². The highest BCUT2D eigenvalue weighted by Crippen LogP contribution is 2.37. The molecule has 7 heteroatoms. The summed E-state index contributed by atoms with van der Waals surface area (Å²) < 4.78 is 11.5. The molecule has 7 nitrogen and oxygen atoms in total. The van der Waals surface area contributed by atoms with E-state index < -0.39 is 5.91 Å². The first-order valence-corrected chi connectivity index (χ1v) is 10.9. The number of ether oxygens (including phenoxy) is 2. The van der Waals surface area contributed by atoms with E-state index in [1.807, 2.05) is 24.3 Å². The second-order valence-corrected chi connectivity index (χ2v) is 7.85. The molecule has 3 N–H and O–H groups in total. The van der Waals surface area contributed by atoms with Gasteiger partial charge in [-0.25, -0.2) is 0 Å². The quantitative estimate of drug-likeness (QED) is 0.344. The van der Waals surface area contributed by atoms with Crippen molar-refractivity contribution in [3.05, 3.63) is 102 Å². The number of carbonyl (C=O) groups excluding carboxylic acids is 2. The summed E-state index contributed by atoms with van der Waals surface area (Å²) in [5.41, 5.74) is 7.64. The van der Waals surface area contributed by atoms with Crippen LogP contribution in [-0.4, -0.2) is 23.9 Å². The van der Waals surface area contributed by atoms with Crippen LogP contribution in [0.25, 0.3) is 21.7 Å². The van der Waals surface area contributed by atoms with Gasteiger partial charge in [0.1, 0.15) is 17.2 Å². The molecule has 4 aromatic carbocycles. The van der Waals surface area contributed by atoms with Crippen LogP contribution in [0.4, 0.5) is 5.69 Å². The maximum absolute atomic E-state index is 12.9. The van der Waals surface area contributed by atoms with Gasteiger partial charge in [0.2, 0.25) is 5.91 Å². The maximum Gasteiger partial charge on any atom is 0.255 e. The van der Waals surface area contributed by atoms with E-state index in [4.69, 9.17) is 15.2 Å². The van der Waals surface area contributed by atoms with E-state index in [0.717, 1.165) is 10.8 Å². The molecule has 0 atom stereocenters. The fraction of sp³-hybridized carbons (Fsp3) is 0.0357. The van der Waals surface area contributed by atoms with Crippen molar-refractivity contribution in [1.82, 2.24) is 4.98 Å². The van der Waals surface area contributed by atoms with E-state index in [1.54, 1.807) is 74.0 Å². The van der Waals surface area contributed by atoms with Crippen LogP contribution in [0.2, 0.25) is 0 Å². The Morgan fingerprint density at radius 1 is 0.800 bits per heavy atom. The van der Waals surface area contributed by atoms with Gasteiger partial charge >= 0.3 is 0 Å². The number of rotatable bonds is 6. The molecule has 5 rings (SSSR count). The average molecular weight is 463 g/mol. The Morgan fingerprint density at radius 2 is 1.60 bits per heavy atom. The number of hydrogen-bond acceptors (Lipinski definition) is 5. The molecule has 0 aliphatic carbocycles. The number of primary amides is 1. The van der Waals surface area contributed by atoms with E-state index in [9.17, 15) is 9.59 Å². The van der Waals surface area contributed by atoms with Crippen molar-refractivity contribution in [2.24, 2.45) is 5.73 Å². The van der Waals surface area contributed by atoms with Gasteiger partial charge in [0.15, 0.2) is 0 Å². The Kier molecular flexibility index (Phi) is 5.73. The molecule has 0 unspecified atom stereocenters. The molecular weight excluding hydrogens is 442 g/mol. The summed E-state index contributed by atoms with van der Waals surface area (Å²) in [6.07, 6.45) is 1.65. The first-order chi connectivity index (χ1) is 17.0. The molecule has 1 heterocycles. The molecule has 35 heavy (non-hydrogen) atoms. The van der Waals surface area contributed by atoms with Gasteiger partial charge in [-0.3, -0.25) is 14.6 Å². The Bertz CT molecular complexity index is 1600. The van der Waals surface area contributed by atoms with E-state index in [2.05, 4.69) is 10.3 Å². The third-order valence-electron chi connectivity index (χ3n) is 5.67. The molecule has 1 aromatic heterocycles. The first-order valence-electron chi connectivity index (χ1n) is 10.9. The molecule has 0 aliphatic heterocycles. The summed E-state index contributed by atoms with van der Waals surface area (Å²) in [5, 5.41) is 5.28. The van der Waals surface area contributed by atoms with Crippen molar-refractivity contribution in [2.75, 3.05) is 12.4 Å². The molecule has 5 aromatic rings. The Morgan fingerprint density at radius 3 is 2.40 bits per heavy atom. The summed E-state index contributed by atoms with van der Waals surface area (Å²) >= 11 is 0. The molecule has 0 bridgehead atoms. The lowest BCUT2D eigenvalue weighted by Gasteiger charge is -2.14. The van der Waals surface area contributed by atoms with Gasteiger partial charge in [-0.2, -0.15) is 0 Å². The van der Waals surface area contributed by atoms with E-state index in [-0.39, 0.29) is 5.91 Å². The highest BCUT2D eigenvalue weighted by molar-refractivity contribution is 6.10. The summed E-state index contributed by atoms with van der Waals surface area (Å²) in [4.78, 5) is 28.9. The third kappa shape index (κ3) is 4.35. The van der Waals surface area contributed by atoms with Crippen molar-refractivity contribution < 1.29 is 19.1 Å². The molecule has 0 saturated carbocycles. The maximum atomic E-state index is 12.9. The molecular formula is C28H21N3O4. The monoisotopic (exact) mass is 463 g/mol. The summed E-state index contributed by atoms with van der Waals surface area (Å²) in [6, 6.07) is 25.0. The molecule has 0 saturated heterocycles. The first kappa shape index (κ1) is 21.9. The smallest absolute Gasteiger partial charge is 0.255 e. The van der Waals surface area contributed by atoms with Gasteiger partial charge < -0.3 is 20.5 Å². The zero-order valence-electron chi connectivity index (χ0n) is 18.8. The highest BCUT2D eigenvalue weighted by Gasteiger charge is 2.14. The van der Waals surface area contributed by atoms with Gasteiger partial charge in [0.05, 0.1) is 12.6 Å². The Hall–Kier alpha value is -4.91. The van der Waals surface area contributed by atoms with Crippen LogP contribution in [-0.2, 0) is 0 Å². The second-order valence-electron chi connectivity index (χ2n) is 7.85. The van der Waals surface area contributed by atoms with Gasteiger partial charge in [0, 0.05) is 39.2 Å². The van der Waals surface area contributed by atoms with Crippen LogP contribution < -0.4 is 20.5 Å². The number of hydrogen-bond donors (Lipinski definition) is 2. The fourth-order valence-corrected chi connectivity index (χ4v) is 3.91. The number of benzene rings is 4. The Balaban J connectivity index is 1.52. The lowest BCUT2D eigenvalue weighted by Crippen LogP contribution is -2.12. The molecule has 0 radical (unpaired) electrons. The number of methoxy groups -OCH3 is 1. The normalized spacial score (nSPS) is 10.8. The van der Waals surface area contributed by atoms with Crippen molar-refractivity contribution in [2.45, 2.75) is 0 Å². The number of aromatic nitrogens is 1. The van der Waals surface area contributed by atoms with E-state index >= 15 is 0 Å². The topological polar surface area (TPSA) is 104 Å². The number of amides is 2. The summed E-state index contributed by atoms with van der Waals surface area (Å²) in [5.74, 6) is 0.966. The largest absolute Gasteiger partial charge is 0.497 e. The fourth-order valence-electron chi connectivity index (χ4n) is 3.91. The number of nitrogens with two attached hydrogens (primary N) is 1. The van der Waals surface area contributed by atoms with Crippen LogP contribution in [0.15, 0.2) is 91.1 Å². The number of pyridine rings is 1. The van der Waals surface area contributed by atoms with Gasteiger partial charge in [-0.05, 0) is 54.6 Å². The zero-order valence-corrected chi connectivity index (χ0v) is 18.8. The van der Waals surface area contributed by atoms with Gasteiger partial charge in [-0.1, -0.05) is 30.3 Å². The van der Waals surface area contributed by atoms with Gasteiger partial charge in [-0.15, -0.1) is 0 Å². The zero-order chi connectivity index (χ0) is 24.4. The standard InChI is InChI=1S/C28H21N3O4/c1-34-19-6-4-5-18(15-19)28(33)31-24-11-12-25(21-8-3-2-7-20(21)24)35-26-13-14-30-23-10-9-17(27(29)32)16-22(23)26/h2-16H,1H3,(H2,29,32)(H,31,33). The van der Waals surface area contributed by atoms with Crippen LogP contribution in [0.3, 0.4) is 0 Å². The van der Waals surface area contributed by atoms with E-state index in [1.165, 1.54) is 0 Å². The average Bonchev–Trinajstić information content (AvgIpc) is 2.90. The Labute approximate surface area is 201 Å². The molecule has 0 fully saturated rings. The van der Waals surface area contributed by atoms with Crippen molar-refractivity contribution in [3.63, 3.8) is 0 Å². The van der Waals surface area contributed by atoms with Crippen molar-refractivity contribution in [3.8, 4) is 17.2 Å². The number of nitrogens with one attached hydrogen (secondary N) is 1. The molecule has 0 spiro atoms.